The molecule has 0 radical (unpaired) electrons. The predicted octanol–water partition coefficient (Wildman–Crippen LogP) is 1.19. The van der Waals surface area contributed by atoms with Gasteiger partial charge in [-0.2, -0.15) is 0 Å². The fourth-order valence-corrected chi connectivity index (χ4v) is 1.96. The van der Waals surface area contributed by atoms with Gasteiger partial charge in [0.25, 0.3) is 0 Å². The SMILES string of the molecule is C[CH2][Bi]([Na])[CH2]C. The Morgan fingerprint density at radius 2 is 1.67 bits per heavy atom. The molecule has 0 unspecified atom stereocenters. The molecule has 0 aromatic rings. The summed E-state index contributed by atoms with van der Waals surface area (Å²) >= 11 is 1.06. The molecule has 0 aliphatic carbocycles. The van der Waals surface area contributed by atoms with Crippen LogP contribution in [0.2, 0.25) is 8.26 Å². The van der Waals surface area contributed by atoms with Crippen molar-refractivity contribution >= 4 is 38.8 Å². The number of hydrogen-bond acceptors (Lipinski definition) is 0. The maximum atomic E-state index is 2.36. The molecule has 0 aliphatic heterocycles. The third kappa shape index (κ3) is 4.05. The van der Waals surface area contributed by atoms with Crippen molar-refractivity contribution in [2.75, 3.05) is 0 Å². The van der Waals surface area contributed by atoms with Crippen molar-refractivity contribution in [3.05, 3.63) is 0 Å². The fraction of sp³-hybridized carbons (Fsp3) is 1.00. The second kappa shape index (κ2) is 5.03. The molecule has 0 aliphatic rings. The van der Waals surface area contributed by atoms with Gasteiger partial charge in [0.05, 0.1) is 0 Å². The molecule has 0 nitrogen and oxygen atoms in total. The third-order valence-electron chi connectivity index (χ3n) is 1.08. The molecule has 0 saturated carbocycles. The first kappa shape index (κ1) is 7.88. The molecule has 0 spiro atoms. The molecule has 0 N–H and O–H groups in total. The van der Waals surface area contributed by atoms with E-state index in [2.05, 4.69) is 13.8 Å². The van der Waals surface area contributed by atoms with Gasteiger partial charge in [0, 0.05) is 0 Å². The van der Waals surface area contributed by atoms with Crippen molar-refractivity contribution in [3.63, 3.8) is 0 Å². The van der Waals surface area contributed by atoms with Crippen molar-refractivity contribution in [2.45, 2.75) is 22.1 Å². The maximum absolute atomic E-state index is 2.36. The van der Waals surface area contributed by atoms with E-state index in [1.54, 1.807) is 31.0 Å². The summed E-state index contributed by atoms with van der Waals surface area (Å²) in [5.74, 6) is 0. The van der Waals surface area contributed by atoms with Crippen molar-refractivity contribution < 1.29 is 0 Å². The van der Waals surface area contributed by atoms with Gasteiger partial charge in [0.2, 0.25) is 0 Å². The Bertz CT molecular complexity index is 26.7. The topological polar surface area (TPSA) is 0 Å². The zero-order valence-corrected chi connectivity index (χ0v) is 10.3. The van der Waals surface area contributed by atoms with Crippen molar-refractivity contribution in [1.82, 2.24) is 0 Å². The Morgan fingerprint density at radius 3 is 1.67 bits per heavy atom. The van der Waals surface area contributed by atoms with Crippen LogP contribution in [-0.4, -0.2) is 38.8 Å². The Kier molecular flexibility index (Phi) is 6.61. The van der Waals surface area contributed by atoms with Crippen LogP contribution in [0.25, 0.3) is 0 Å². The minimum atomic E-state index is -0.533. The molecule has 0 amide bonds. The van der Waals surface area contributed by atoms with Crippen molar-refractivity contribution in [1.29, 1.82) is 0 Å². The van der Waals surface area contributed by atoms with Gasteiger partial charge in [0.15, 0.2) is 0 Å². The van der Waals surface area contributed by atoms with Crippen LogP contribution in [0.1, 0.15) is 13.8 Å². The van der Waals surface area contributed by atoms with Gasteiger partial charge in [-0.3, -0.25) is 0 Å². The van der Waals surface area contributed by atoms with Gasteiger partial charge in [0.1, 0.15) is 0 Å². The van der Waals surface area contributed by atoms with E-state index in [0.29, 0.717) is 0 Å². The van der Waals surface area contributed by atoms with Crippen LogP contribution < -0.4 is 0 Å². The Morgan fingerprint density at radius 1 is 1.33 bits per heavy atom. The van der Waals surface area contributed by atoms with Crippen LogP contribution >= 0.6 is 0 Å². The average molecular weight is 290 g/mol. The number of rotatable bonds is 2. The molecule has 6 heavy (non-hydrogen) atoms. The Hall–Kier alpha value is 1.88. The molecule has 0 aromatic carbocycles. The average Bonchev–Trinajstić information content (AvgIpc) is 1.65. The van der Waals surface area contributed by atoms with E-state index in [1.807, 2.05) is 0 Å². The van der Waals surface area contributed by atoms with Crippen LogP contribution in [0.5, 0.6) is 0 Å². The summed E-state index contributed by atoms with van der Waals surface area (Å²) in [6, 6.07) is 0. The molecule has 2 heteroatoms. The molecule has 0 fully saturated rings. The molecule has 0 heterocycles. The second-order valence-electron chi connectivity index (χ2n) is 1.49. The summed E-state index contributed by atoms with van der Waals surface area (Å²) in [5.41, 5.74) is 0. The summed E-state index contributed by atoms with van der Waals surface area (Å²) < 4.78 is 3.19. The monoisotopic (exact) mass is 290 g/mol. The van der Waals surface area contributed by atoms with Gasteiger partial charge in [-0.05, 0) is 0 Å². The molecule has 0 rings (SSSR count). The Balaban J connectivity index is 2.75. The van der Waals surface area contributed by atoms with Crippen LogP contribution in [0, 0.1) is 0 Å². The summed E-state index contributed by atoms with van der Waals surface area (Å²) in [6.45, 7) is 4.71. The Labute approximate surface area is 60.0 Å². The van der Waals surface area contributed by atoms with Gasteiger partial charge >= 0.3 is 60.9 Å². The summed E-state index contributed by atoms with van der Waals surface area (Å²) in [4.78, 5) is 0. The van der Waals surface area contributed by atoms with Crippen LogP contribution in [-0.2, 0) is 0 Å². The van der Waals surface area contributed by atoms with E-state index >= 15 is 0 Å². The first-order valence-electron chi connectivity index (χ1n) is 2.49. The van der Waals surface area contributed by atoms with E-state index in [-0.39, 0.29) is 0 Å². The quantitative estimate of drug-likeness (QED) is 0.670. The van der Waals surface area contributed by atoms with Crippen molar-refractivity contribution in [2.24, 2.45) is 0 Å². The van der Waals surface area contributed by atoms with E-state index in [1.165, 1.54) is 0 Å². The van der Waals surface area contributed by atoms with Gasteiger partial charge in [-0.15, -0.1) is 0 Å². The van der Waals surface area contributed by atoms with Crippen molar-refractivity contribution in [3.8, 4) is 0 Å². The molecule has 0 aromatic heterocycles. The van der Waals surface area contributed by atoms with E-state index in [9.17, 15) is 0 Å². The minimum absolute atomic E-state index is 0.533. The normalized spacial score (nSPS) is 10.2. The van der Waals surface area contributed by atoms with E-state index in [0.717, 1.165) is 0 Å². The zero-order valence-electron chi connectivity index (χ0n) is 4.86. The summed E-state index contributed by atoms with van der Waals surface area (Å²) in [5, 5.41) is 0. The van der Waals surface area contributed by atoms with Crippen LogP contribution in [0.15, 0.2) is 0 Å². The molecule has 0 saturated heterocycles. The molecule has 0 bridgehead atoms. The number of hydrogen-bond donors (Lipinski definition) is 0. The molecule has 32 valence electrons. The molecular formula is C4H10BiNa. The van der Waals surface area contributed by atoms with Crippen LogP contribution in [0.3, 0.4) is 0 Å². The predicted molar refractivity (Wildman–Crippen MR) is 32.5 cm³/mol. The summed E-state index contributed by atoms with van der Waals surface area (Å²) in [7, 11) is 0. The van der Waals surface area contributed by atoms with Gasteiger partial charge in [-0.1, -0.05) is 0 Å². The molecular weight excluding hydrogens is 280 g/mol. The van der Waals surface area contributed by atoms with Gasteiger partial charge < -0.3 is 0 Å². The third-order valence-corrected chi connectivity index (χ3v) is 20.6. The van der Waals surface area contributed by atoms with E-state index in [4.69, 9.17) is 0 Å². The first-order valence-corrected chi connectivity index (χ1v) is 18.7. The fourth-order valence-electron chi connectivity index (χ4n) is 0.224. The van der Waals surface area contributed by atoms with Gasteiger partial charge in [-0.25, -0.2) is 0 Å². The summed E-state index contributed by atoms with van der Waals surface area (Å²) in [6.07, 6.45) is 0. The second-order valence-corrected chi connectivity index (χ2v) is 24.2. The van der Waals surface area contributed by atoms with Crippen LogP contribution in [0.4, 0.5) is 0 Å². The zero-order chi connectivity index (χ0) is 4.99. The molecule has 0 atom stereocenters. The van der Waals surface area contributed by atoms with E-state index < -0.39 is 16.0 Å². The standard InChI is InChI=1S/2C2H5.Bi.Na/c2*1-2;;/h2*1H2,2H3;;. The first-order chi connectivity index (χ1) is 2.81.